The maximum atomic E-state index is 10.5. The fourth-order valence-corrected chi connectivity index (χ4v) is 2.66. The zero-order valence-corrected chi connectivity index (χ0v) is 13.2. The number of nitrogens with one attached hydrogen (secondary N) is 1. The molecule has 2 N–H and O–H groups in total. The number of unbranched alkanes of at least 4 members (excludes halogenated alkanes) is 1. The van der Waals surface area contributed by atoms with Gasteiger partial charge in [-0.2, -0.15) is 0 Å². The Morgan fingerprint density at radius 3 is 2.52 bits per heavy atom. The van der Waals surface area contributed by atoms with E-state index >= 15 is 0 Å². The molecule has 0 saturated carbocycles. The van der Waals surface area contributed by atoms with Gasteiger partial charge >= 0.3 is 0 Å². The van der Waals surface area contributed by atoms with Crippen LogP contribution in [0.1, 0.15) is 38.4 Å². The van der Waals surface area contributed by atoms with Crippen molar-refractivity contribution in [3.05, 3.63) is 29.8 Å². The van der Waals surface area contributed by atoms with Crippen LogP contribution >= 0.6 is 0 Å². The lowest BCUT2D eigenvalue weighted by molar-refractivity contribution is 0.0510. The van der Waals surface area contributed by atoms with Gasteiger partial charge in [0.15, 0.2) is 0 Å². The zero-order valence-electron chi connectivity index (χ0n) is 13.2. The maximum Gasteiger partial charge on any atom is 0.119 e. The van der Waals surface area contributed by atoms with Crippen molar-refractivity contribution in [3.63, 3.8) is 0 Å². The first-order chi connectivity index (χ1) is 10.2. The molecule has 21 heavy (non-hydrogen) atoms. The van der Waals surface area contributed by atoms with E-state index in [0.717, 1.165) is 56.9 Å². The average Bonchev–Trinajstić information content (AvgIpc) is 2.55. The molecule has 0 spiro atoms. The fourth-order valence-electron chi connectivity index (χ4n) is 2.66. The van der Waals surface area contributed by atoms with E-state index in [1.807, 2.05) is 24.3 Å². The molecule has 118 valence electrons. The third-order valence-electron chi connectivity index (χ3n) is 4.17. The van der Waals surface area contributed by atoms with Crippen LogP contribution in [0.3, 0.4) is 0 Å². The molecule has 4 heteroatoms. The maximum absolute atomic E-state index is 10.5. The van der Waals surface area contributed by atoms with E-state index in [4.69, 9.17) is 4.74 Å². The van der Waals surface area contributed by atoms with Crippen LogP contribution in [-0.4, -0.2) is 48.8 Å². The van der Waals surface area contributed by atoms with Crippen molar-refractivity contribution < 1.29 is 9.84 Å². The highest BCUT2D eigenvalue weighted by atomic mass is 16.5. The van der Waals surface area contributed by atoms with Crippen LogP contribution < -0.4 is 10.1 Å². The van der Waals surface area contributed by atoms with Crippen LogP contribution in [0.25, 0.3) is 0 Å². The molecule has 1 aliphatic rings. The highest BCUT2D eigenvalue weighted by molar-refractivity contribution is 5.29. The number of rotatable bonds is 7. The molecule has 1 aliphatic heterocycles. The molecule has 0 aromatic heterocycles. The second-order valence-corrected chi connectivity index (χ2v) is 5.74. The van der Waals surface area contributed by atoms with Crippen molar-refractivity contribution in [1.29, 1.82) is 0 Å². The fraction of sp³-hybridized carbons (Fsp3) is 0.647. The quantitative estimate of drug-likeness (QED) is 0.756. The Morgan fingerprint density at radius 1 is 1.24 bits per heavy atom. The van der Waals surface area contributed by atoms with Gasteiger partial charge in [0.1, 0.15) is 5.75 Å². The lowest BCUT2D eigenvalue weighted by Crippen LogP contribution is -2.49. The Kier molecular flexibility index (Phi) is 6.49. The Labute approximate surface area is 128 Å². The van der Waals surface area contributed by atoms with Crippen LogP contribution in [-0.2, 0) is 0 Å². The summed E-state index contributed by atoms with van der Waals surface area (Å²) in [7, 11) is 0. The molecule has 1 aromatic rings. The van der Waals surface area contributed by atoms with Crippen LogP contribution in [0.4, 0.5) is 0 Å². The van der Waals surface area contributed by atoms with E-state index in [9.17, 15) is 5.11 Å². The van der Waals surface area contributed by atoms with E-state index in [2.05, 4.69) is 24.1 Å². The van der Waals surface area contributed by atoms with Crippen molar-refractivity contribution in [2.24, 2.45) is 0 Å². The molecule has 0 aliphatic carbocycles. The summed E-state index contributed by atoms with van der Waals surface area (Å²) in [6, 6.07) is 8.01. The van der Waals surface area contributed by atoms with Gasteiger partial charge in [-0.05, 0) is 31.0 Å². The summed E-state index contributed by atoms with van der Waals surface area (Å²) in [6.45, 7) is 9.01. The lowest BCUT2D eigenvalue weighted by atomic mass is 10.0. The van der Waals surface area contributed by atoms with Gasteiger partial charge in [-0.3, -0.25) is 4.90 Å². The van der Waals surface area contributed by atoms with E-state index in [0.29, 0.717) is 0 Å². The molecule has 2 atom stereocenters. The molecular formula is C17H28N2O2. The largest absolute Gasteiger partial charge is 0.494 e. The van der Waals surface area contributed by atoms with Crippen molar-refractivity contribution in [1.82, 2.24) is 10.2 Å². The lowest BCUT2D eigenvalue weighted by Gasteiger charge is -2.35. The second kappa shape index (κ2) is 8.37. The predicted molar refractivity (Wildman–Crippen MR) is 85.7 cm³/mol. The minimum atomic E-state index is -0.451. The summed E-state index contributed by atoms with van der Waals surface area (Å²) < 4.78 is 5.66. The van der Waals surface area contributed by atoms with Crippen LogP contribution in [0.2, 0.25) is 0 Å². The summed E-state index contributed by atoms with van der Waals surface area (Å²) in [6.07, 6.45) is 1.76. The van der Waals surface area contributed by atoms with Gasteiger partial charge in [0, 0.05) is 32.2 Å². The number of piperazine rings is 1. The van der Waals surface area contributed by atoms with E-state index in [1.54, 1.807) is 0 Å². The van der Waals surface area contributed by atoms with Crippen molar-refractivity contribution in [3.8, 4) is 5.75 Å². The first kappa shape index (κ1) is 16.3. The highest BCUT2D eigenvalue weighted by Gasteiger charge is 2.24. The third kappa shape index (κ3) is 4.70. The highest BCUT2D eigenvalue weighted by Crippen LogP contribution is 2.23. The van der Waals surface area contributed by atoms with Gasteiger partial charge in [0.2, 0.25) is 0 Å². The number of benzene rings is 1. The number of hydrogen-bond donors (Lipinski definition) is 2. The number of ether oxygens (including phenoxy) is 1. The van der Waals surface area contributed by atoms with Gasteiger partial charge in [0.05, 0.1) is 12.7 Å². The summed E-state index contributed by atoms with van der Waals surface area (Å²) in [5.74, 6) is 0.884. The molecular weight excluding hydrogens is 264 g/mol. The minimum Gasteiger partial charge on any atom is -0.494 e. The topological polar surface area (TPSA) is 44.7 Å². The van der Waals surface area contributed by atoms with Crippen molar-refractivity contribution in [2.75, 3.05) is 32.8 Å². The standard InChI is InChI=1S/C17H28N2O2/c1-3-4-13-21-16-7-5-15(6-8-16)17(20)14(2)19-11-9-18-10-12-19/h5-8,14,17-18,20H,3-4,9-13H2,1-2H3. The van der Waals surface area contributed by atoms with Crippen molar-refractivity contribution >= 4 is 0 Å². The molecule has 1 fully saturated rings. The van der Waals surface area contributed by atoms with E-state index in [-0.39, 0.29) is 6.04 Å². The van der Waals surface area contributed by atoms with Crippen molar-refractivity contribution in [2.45, 2.75) is 38.8 Å². The van der Waals surface area contributed by atoms with Gasteiger partial charge in [-0.15, -0.1) is 0 Å². The second-order valence-electron chi connectivity index (χ2n) is 5.74. The Morgan fingerprint density at radius 2 is 1.90 bits per heavy atom. The summed E-state index contributed by atoms with van der Waals surface area (Å²) in [4.78, 5) is 2.34. The van der Waals surface area contributed by atoms with E-state index < -0.39 is 6.10 Å². The molecule has 1 aromatic carbocycles. The molecule has 0 radical (unpaired) electrons. The zero-order chi connectivity index (χ0) is 15.1. The SMILES string of the molecule is CCCCOc1ccc(C(O)C(C)N2CCNCC2)cc1. The first-order valence-corrected chi connectivity index (χ1v) is 8.08. The molecule has 2 rings (SSSR count). The molecule has 0 amide bonds. The summed E-state index contributed by atoms with van der Waals surface area (Å²) in [5, 5.41) is 13.9. The molecule has 0 bridgehead atoms. The van der Waals surface area contributed by atoms with E-state index in [1.165, 1.54) is 0 Å². The van der Waals surface area contributed by atoms with Crippen LogP contribution in [0.5, 0.6) is 5.75 Å². The van der Waals surface area contributed by atoms with Gasteiger partial charge in [-0.1, -0.05) is 25.5 Å². The number of nitrogens with zero attached hydrogens (tertiary/aromatic N) is 1. The molecule has 4 nitrogen and oxygen atoms in total. The van der Waals surface area contributed by atoms with Gasteiger partial charge in [-0.25, -0.2) is 0 Å². The van der Waals surface area contributed by atoms with Gasteiger partial charge in [0.25, 0.3) is 0 Å². The average molecular weight is 292 g/mol. The predicted octanol–water partition coefficient (Wildman–Crippen LogP) is 2.19. The molecule has 1 saturated heterocycles. The Bertz CT molecular complexity index is 402. The monoisotopic (exact) mass is 292 g/mol. The van der Waals surface area contributed by atoms with Gasteiger partial charge < -0.3 is 15.2 Å². The number of aliphatic hydroxyl groups is 1. The normalized spacial score (nSPS) is 19.2. The van der Waals surface area contributed by atoms with Crippen LogP contribution in [0.15, 0.2) is 24.3 Å². The number of hydrogen-bond acceptors (Lipinski definition) is 4. The Balaban J connectivity index is 1.90. The Hall–Kier alpha value is -1.10. The third-order valence-corrected chi connectivity index (χ3v) is 4.17. The molecule has 2 unspecified atom stereocenters. The van der Waals surface area contributed by atoms with Crippen LogP contribution in [0, 0.1) is 0 Å². The number of aliphatic hydroxyl groups excluding tert-OH is 1. The smallest absolute Gasteiger partial charge is 0.119 e. The molecule has 1 heterocycles. The summed E-state index contributed by atoms with van der Waals surface area (Å²) >= 11 is 0. The summed E-state index contributed by atoms with van der Waals surface area (Å²) in [5.41, 5.74) is 0.962. The first-order valence-electron chi connectivity index (χ1n) is 8.08. The minimum absolute atomic E-state index is 0.138.